The highest BCUT2D eigenvalue weighted by atomic mass is 16.5. The molecular formula is C19H21NO4. The van der Waals surface area contributed by atoms with E-state index in [1.165, 1.54) is 6.08 Å². The third-order valence-electron chi connectivity index (χ3n) is 3.25. The molecule has 0 aliphatic rings. The number of hydrogen-bond acceptors (Lipinski definition) is 5. The summed E-state index contributed by atoms with van der Waals surface area (Å²) in [5.41, 5.74) is 8.27. The molecule has 2 rings (SSSR count). The average Bonchev–Trinajstić information content (AvgIpc) is 2.59. The predicted molar refractivity (Wildman–Crippen MR) is 93.8 cm³/mol. The summed E-state index contributed by atoms with van der Waals surface area (Å²) in [7, 11) is 1.54. The maximum Gasteiger partial charge on any atom is 0.330 e. The van der Waals surface area contributed by atoms with Gasteiger partial charge in [-0.05, 0) is 36.3 Å². The predicted octanol–water partition coefficient (Wildman–Crippen LogP) is 3.43. The van der Waals surface area contributed by atoms with Crippen molar-refractivity contribution in [3.05, 3.63) is 59.7 Å². The number of carbonyl (C=O) groups is 1. The number of nitrogen functional groups attached to an aromatic ring is 1. The molecule has 0 fully saturated rings. The molecule has 5 nitrogen and oxygen atoms in total. The van der Waals surface area contributed by atoms with Gasteiger partial charge in [-0.2, -0.15) is 0 Å². The highest BCUT2D eigenvalue weighted by Gasteiger charge is 2.11. The molecule has 2 aromatic rings. The summed E-state index contributed by atoms with van der Waals surface area (Å²) in [6, 6.07) is 13.3. The molecule has 0 unspecified atom stereocenters. The van der Waals surface area contributed by atoms with E-state index in [-0.39, 0.29) is 0 Å². The van der Waals surface area contributed by atoms with Gasteiger partial charge < -0.3 is 19.9 Å². The molecule has 0 aliphatic carbocycles. The Labute approximate surface area is 141 Å². The SMILES string of the molecule is CCOC(=O)/C=C/c1cc(N)c(OCc2ccccc2)c(OC)c1. The summed E-state index contributed by atoms with van der Waals surface area (Å²) in [6.07, 6.45) is 2.97. The first-order valence-electron chi connectivity index (χ1n) is 7.63. The number of ether oxygens (including phenoxy) is 3. The quantitative estimate of drug-likeness (QED) is 0.479. The fourth-order valence-electron chi connectivity index (χ4n) is 2.13. The van der Waals surface area contributed by atoms with Crippen LogP contribution in [0.25, 0.3) is 6.08 Å². The molecule has 2 N–H and O–H groups in total. The van der Waals surface area contributed by atoms with Crippen molar-refractivity contribution in [2.24, 2.45) is 0 Å². The van der Waals surface area contributed by atoms with E-state index in [1.54, 1.807) is 32.2 Å². The van der Waals surface area contributed by atoms with Crippen LogP contribution in [0.5, 0.6) is 11.5 Å². The molecule has 0 aromatic heterocycles. The largest absolute Gasteiger partial charge is 0.493 e. The molecule has 0 saturated heterocycles. The fourth-order valence-corrected chi connectivity index (χ4v) is 2.13. The van der Waals surface area contributed by atoms with Crippen molar-refractivity contribution in [3.8, 4) is 11.5 Å². The van der Waals surface area contributed by atoms with Crippen molar-refractivity contribution >= 4 is 17.7 Å². The van der Waals surface area contributed by atoms with Gasteiger partial charge >= 0.3 is 5.97 Å². The lowest BCUT2D eigenvalue weighted by atomic mass is 10.1. The molecule has 24 heavy (non-hydrogen) atoms. The van der Waals surface area contributed by atoms with Crippen molar-refractivity contribution in [1.29, 1.82) is 0 Å². The van der Waals surface area contributed by atoms with Gasteiger partial charge in [0.1, 0.15) is 6.61 Å². The number of benzene rings is 2. The number of esters is 1. The van der Waals surface area contributed by atoms with Gasteiger partial charge in [0.05, 0.1) is 19.4 Å². The van der Waals surface area contributed by atoms with Crippen molar-refractivity contribution in [2.45, 2.75) is 13.5 Å². The first-order chi connectivity index (χ1) is 11.6. The van der Waals surface area contributed by atoms with Crippen LogP contribution >= 0.6 is 0 Å². The van der Waals surface area contributed by atoms with Crippen molar-refractivity contribution in [3.63, 3.8) is 0 Å². The second kappa shape index (κ2) is 8.62. The molecule has 0 atom stereocenters. The Kier molecular flexibility index (Phi) is 6.25. The van der Waals surface area contributed by atoms with Crippen LogP contribution in [0, 0.1) is 0 Å². The minimum Gasteiger partial charge on any atom is -0.493 e. The van der Waals surface area contributed by atoms with Crippen molar-refractivity contribution < 1.29 is 19.0 Å². The Bertz CT molecular complexity index is 711. The third kappa shape index (κ3) is 4.78. The first-order valence-corrected chi connectivity index (χ1v) is 7.63. The number of hydrogen-bond donors (Lipinski definition) is 1. The second-order valence-electron chi connectivity index (χ2n) is 5.00. The van der Waals surface area contributed by atoms with E-state index in [0.29, 0.717) is 30.4 Å². The maximum atomic E-state index is 11.4. The van der Waals surface area contributed by atoms with Crippen LogP contribution in [0.4, 0.5) is 5.69 Å². The highest BCUT2D eigenvalue weighted by Crippen LogP contribution is 2.35. The van der Waals surface area contributed by atoms with Gasteiger partial charge in [0.2, 0.25) is 0 Å². The van der Waals surface area contributed by atoms with Gasteiger partial charge in [-0.1, -0.05) is 30.3 Å². The van der Waals surface area contributed by atoms with Gasteiger partial charge in [-0.3, -0.25) is 0 Å². The molecule has 0 spiro atoms. The number of methoxy groups -OCH3 is 1. The van der Waals surface area contributed by atoms with Gasteiger partial charge in [-0.15, -0.1) is 0 Å². The van der Waals surface area contributed by atoms with Gasteiger partial charge in [0.25, 0.3) is 0 Å². The zero-order chi connectivity index (χ0) is 17.4. The van der Waals surface area contributed by atoms with Crippen LogP contribution in [0.1, 0.15) is 18.1 Å². The molecular weight excluding hydrogens is 306 g/mol. The maximum absolute atomic E-state index is 11.4. The minimum absolute atomic E-state index is 0.334. The lowest BCUT2D eigenvalue weighted by Gasteiger charge is -2.14. The number of nitrogens with two attached hydrogens (primary N) is 1. The van der Waals surface area contributed by atoms with Crippen LogP contribution in [0.2, 0.25) is 0 Å². The first kappa shape index (κ1) is 17.4. The third-order valence-corrected chi connectivity index (χ3v) is 3.25. The Hall–Kier alpha value is -2.95. The zero-order valence-electron chi connectivity index (χ0n) is 13.8. The van der Waals surface area contributed by atoms with Crippen LogP contribution < -0.4 is 15.2 Å². The number of carbonyl (C=O) groups excluding carboxylic acids is 1. The van der Waals surface area contributed by atoms with Crippen molar-refractivity contribution in [1.82, 2.24) is 0 Å². The summed E-state index contributed by atoms with van der Waals surface area (Å²) >= 11 is 0. The van der Waals surface area contributed by atoms with Gasteiger partial charge in [0, 0.05) is 6.08 Å². The zero-order valence-corrected chi connectivity index (χ0v) is 13.8. The van der Waals surface area contributed by atoms with E-state index in [9.17, 15) is 4.79 Å². The van der Waals surface area contributed by atoms with E-state index in [2.05, 4.69) is 0 Å². The molecule has 0 aliphatic heterocycles. The molecule has 0 bridgehead atoms. The summed E-state index contributed by atoms with van der Waals surface area (Å²) in [5, 5.41) is 0. The molecule has 0 amide bonds. The summed E-state index contributed by atoms with van der Waals surface area (Å²) in [5.74, 6) is 0.587. The number of rotatable bonds is 7. The summed E-state index contributed by atoms with van der Waals surface area (Å²) in [4.78, 5) is 11.4. The summed E-state index contributed by atoms with van der Waals surface area (Å²) in [6.45, 7) is 2.48. The molecule has 0 radical (unpaired) electrons. The molecule has 0 heterocycles. The van der Waals surface area contributed by atoms with Crippen molar-refractivity contribution in [2.75, 3.05) is 19.5 Å². The fraction of sp³-hybridized carbons (Fsp3) is 0.211. The Morgan fingerprint density at radius 2 is 1.96 bits per heavy atom. The van der Waals surface area contributed by atoms with Crippen LogP contribution in [-0.4, -0.2) is 19.7 Å². The monoisotopic (exact) mass is 327 g/mol. The summed E-state index contributed by atoms with van der Waals surface area (Å²) < 4.78 is 16.0. The standard InChI is InChI=1S/C19H21NO4/c1-3-23-18(21)10-9-15-11-16(20)19(17(12-15)22-2)24-13-14-7-5-4-6-8-14/h4-12H,3,13,20H2,1-2H3/b10-9+. The lowest BCUT2D eigenvalue weighted by Crippen LogP contribution is -2.02. The molecule has 5 heteroatoms. The Morgan fingerprint density at radius 1 is 1.21 bits per heavy atom. The van der Waals surface area contributed by atoms with Crippen LogP contribution in [0.3, 0.4) is 0 Å². The molecule has 126 valence electrons. The van der Waals surface area contributed by atoms with E-state index in [4.69, 9.17) is 19.9 Å². The van der Waals surface area contributed by atoms with Gasteiger partial charge in [-0.25, -0.2) is 4.79 Å². The minimum atomic E-state index is -0.403. The Morgan fingerprint density at radius 3 is 2.62 bits per heavy atom. The lowest BCUT2D eigenvalue weighted by molar-refractivity contribution is -0.137. The highest BCUT2D eigenvalue weighted by molar-refractivity contribution is 5.87. The number of anilines is 1. The Balaban J connectivity index is 2.16. The van der Waals surface area contributed by atoms with Crippen LogP contribution in [-0.2, 0) is 16.1 Å². The van der Waals surface area contributed by atoms with E-state index >= 15 is 0 Å². The van der Waals surface area contributed by atoms with E-state index in [0.717, 1.165) is 11.1 Å². The van der Waals surface area contributed by atoms with E-state index < -0.39 is 5.97 Å². The smallest absolute Gasteiger partial charge is 0.330 e. The second-order valence-corrected chi connectivity index (χ2v) is 5.00. The van der Waals surface area contributed by atoms with Gasteiger partial charge in [0.15, 0.2) is 11.5 Å². The van der Waals surface area contributed by atoms with Crippen LogP contribution in [0.15, 0.2) is 48.5 Å². The van der Waals surface area contributed by atoms with E-state index in [1.807, 2.05) is 30.3 Å². The normalized spacial score (nSPS) is 10.6. The molecule has 0 saturated carbocycles. The average molecular weight is 327 g/mol. The topological polar surface area (TPSA) is 70.8 Å². The molecule has 2 aromatic carbocycles.